The maximum absolute atomic E-state index is 12.4. The molecule has 102 valence electrons. The minimum Gasteiger partial charge on any atom is -0.398 e. The number of aryl methyl sites for hydroxylation is 3. The predicted molar refractivity (Wildman–Crippen MR) is 78.3 cm³/mol. The summed E-state index contributed by atoms with van der Waals surface area (Å²) in [5.74, 6) is 0.446. The summed E-state index contributed by atoms with van der Waals surface area (Å²) < 4.78 is 14.3. The van der Waals surface area contributed by atoms with Crippen molar-refractivity contribution in [3.05, 3.63) is 41.2 Å². The number of rotatable bonds is 4. The number of aromatic nitrogens is 2. The van der Waals surface area contributed by atoms with Gasteiger partial charge in [-0.3, -0.25) is 8.89 Å². The summed E-state index contributed by atoms with van der Waals surface area (Å²) in [5, 5.41) is 4.36. The second-order valence-corrected chi connectivity index (χ2v) is 6.04. The molecule has 0 fully saturated rings. The van der Waals surface area contributed by atoms with Crippen molar-refractivity contribution >= 4 is 16.5 Å². The lowest BCUT2D eigenvalue weighted by Gasteiger charge is -2.08. The van der Waals surface area contributed by atoms with Crippen molar-refractivity contribution in [2.45, 2.75) is 38.0 Å². The summed E-state index contributed by atoms with van der Waals surface area (Å²) in [6, 6.07) is 7.62. The Kier molecular flexibility index (Phi) is 4.04. The van der Waals surface area contributed by atoms with Gasteiger partial charge in [-0.1, -0.05) is 6.07 Å². The van der Waals surface area contributed by atoms with Gasteiger partial charge in [0.2, 0.25) is 0 Å². The molecule has 1 heterocycles. The first kappa shape index (κ1) is 13.8. The molecule has 0 radical (unpaired) electrons. The minimum absolute atomic E-state index is 0.446. The van der Waals surface area contributed by atoms with E-state index in [9.17, 15) is 4.21 Å². The summed E-state index contributed by atoms with van der Waals surface area (Å²) >= 11 is 0. The summed E-state index contributed by atoms with van der Waals surface area (Å²) in [6.45, 7) is 6.72. The zero-order chi connectivity index (χ0) is 14.0. The highest BCUT2D eigenvalue weighted by Crippen LogP contribution is 2.20. The van der Waals surface area contributed by atoms with E-state index in [-0.39, 0.29) is 0 Å². The molecule has 2 N–H and O–H groups in total. The third-order valence-electron chi connectivity index (χ3n) is 2.97. The number of hydrogen-bond donors (Lipinski definition) is 1. The number of benzene rings is 1. The van der Waals surface area contributed by atoms with Gasteiger partial charge in [-0.25, -0.2) is 0 Å². The second kappa shape index (κ2) is 5.57. The highest BCUT2D eigenvalue weighted by atomic mass is 32.2. The van der Waals surface area contributed by atoms with Crippen molar-refractivity contribution in [2.24, 2.45) is 0 Å². The van der Waals surface area contributed by atoms with Crippen LogP contribution in [0.4, 0.5) is 5.69 Å². The molecule has 1 atom stereocenters. The zero-order valence-corrected chi connectivity index (χ0v) is 12.3. The van der Waals surface area contributed by atoms with Gasteiger partial charge >= 0.3 is 0 Å². The van der Waals surface area contributed by atoms with Crippen molar-refractivity contribution in [3.63, 3.8) is 0 Å². The fourth-order valence-corrected chi connectivity index (χ4v) is 3.27. The summed E-state index contributed by atoms with van der Waals surface area (Å²) in [5.41, 5.74) is 9.54. The third kappa shape index (κ3) is 3.04. The Labute approximate surface area is 116 Å². The van der Waals surface area contributed by atoms with Gasteiger partial charge in [-0.2, -0.15) is 5.10 Å². The van der Waals surface area contributed by atoms with Gasteiger partial charge in [-0.15, -0.1) is 0 Å². The van der Waals surface area contributed by atoms with Gasteiger partial charge in [0.1, 0.15) is 0 Å². The third-order valence-corrected chi connectivity index (χ3v) is 4.39. The van der Waals surface area contributed by atoms with Gasteiger partial charge in [0.25, 0.3) is 0 Å². The Morgan fingerprint density at radius 2 is 2.05 bits per heavy atom. The summed E-state index contributed by atoms with van der Waals surface area (Å²) in [7, 11) is -1.14. The van der Waals surface area contributed by atoms with Crippen molar-refractivity contribution in [1.29, 1.82) is 0 Å². The molecule has 0 bridgehead atoms. The molecule has 0 aliphatic carbocycles. The van der Waals surface area contributed by atoms with Gasteiger partial charge in [-0.05, 0) is 44.5 Å². The van der Waals surface area contributed by atoms with Crippen LogP contribution in [0.5, 0.6) is 0 Å². The van der Waals surface area contributed by atoms with Crippen molar-refractivity contribution in [1.82, 2.24) is 9.78 Å². The largest absolute Gasteiger partial charge is 0.398 e. The van der Waals surface area contributed by atoms with Crippen molar-refractivity contribution < 1.29 is 4.21 Å². The number of anilines is 1. The Balaban J connectivity index is 2.25. The molecule has 4 nitrogen and oxygen atoms in total. The summed E-state index contributed by atoms with van der Waals surface area (Å²) in [4.78, 5) is 0.701. The molecule has 0 aliphatic rings. The fraction of sp³-hybridized carbons (Fsp3) is 0.357. The standard InChI is InChI=1S/C14H19N3OS/c1-4-17-12(8-11(3)16-17)9-19(18)14-6-5-10(2)7-13(14)15/h5-8H,4,9,15H2,1-3H3. The molecule has 19 heavy (non-hydrogen) atoms. The normalized spacial score (nSPS) is 12.6. The number of nitrogen functional groups attached to an aromatic ring is 1. The monoisotopic (exact) mass is 277 g/mol. The van der Waals surface area contributed by atoms with Gasteiger partial charge in [0.05, 0.1) is 32.8 Å². The van der Waals surface area contributed by atoms with E-state index in [1.807, 2.05) is 49.7 Å². The SMILES string of the molecule is CCn1nc(C)cc1CS(=O)c1ccc(C)cc1N. The van der Waals surface area contributed by atoms with Gasteiger partial charge < -0.3 is 5.73 Å². The molecular formula is C14H19N3OS. The van der Waals surface area contributed by atoms with Crippen LogP contribution in [0.1, 0.15) is 23.9 Å². The molecule has 2 aromatic rings. The average molecular weight is 277 g/mol. The lowest BCUT2D eigenvalue weighted by Crippen LogP contribution is -2.07. The molecule has 0 aliphatic heterocycles. The summed E-state index contributed by atoms with van der Waals surface area (Å²) in [6.07, 6.45) is 0. The molecule has 0 saturated heterocycles. The van der Waals surface area contributed by atoms with E-state index < -0.39 is 10.8 Å². The lowest BCUT2D eigenvalue weighted by atomic mass is 10.2. The quantitative estimate of drug-likeness (QED) is 0.873. The molecule has 1 unspecified atom stereocenters. The van der Waals surface area contributed by atoms with E-state index in [0.29, 0.717) is 16.3 Å². The Morgan fingerprint density at radius 1 is 1.32 bits per heavy atom. The number of hydrogen-bond acceptors (Lipinski definition) is 3. The van der Waals surface area contributed by atoms with Gasteiger partial charge in [0, 0.05) is 12.2 Å². The van der Waals surface area contributed by atoms with Crippen LogP contribution < -0.4 is 5.73 Å². The van der Waals surface area contributed by atoms with Crippen LogP contribution in [-0.2, 0) is 23.1 Å². The van der Waals surface area contributed by atoms with Crippen LogP contribution in [-0.4, -0.2) is 14.0 Å². The maximum Gasteiger partial charge on any atom is 0.0703 e. The highest BCUT2D eigenvalue weighted by Gasteiger charge is 2.12. The molecule has 5 heteroatoms. The average Bonchev–Trinajstić information content (AvgIpc) is 2.69. The first-order valence-electron chi connectivity index (χ1n) is 6.29. The van der Waals surface area contributed by atoms with E-state index in [2.05, 4.69) is 5.10 Å². The maximum atomic E-state index is 12.4. The topological polar surface area (TPSA) is 60.9 Å². The molecule has 0 spiro atoms. The van der Waals surface area contributed by atoms with Crippen LogP contribution in [0.3, 0.4) is 0 Å². The number of nitrogens with zero attached hydrogens (tertiary/aromatic N) is 2. The van der Waals surface area contributed by atoms with E-state index in [1.54, 1.807) is 0 Å². The molecule has 1 aromatic carbocycles. The molecular weight excluding hydrogens is 258 g/mol. The zero-order valence-electron chi connectivity index (χ0n) is 11.5. The fourth-order valence-electron chi connectivity index (χ4n) is 2.08. The molecule has 2 rings (SSSR count). The van der Waals surface area contributed by atoms with Crippen molar-refractivity contribution in [3.8, 4) is 0 Å². The van der Waals surface area contributed by atoms with Gasteiger partial charge in [0.15, 0.2) is 0 Å². The first-order valence-corrected chi connectivity index (χ1v) is 7.61. The number of nitrogens with two attached hydrogens (primary N) is 1. The highest BCUT2D eigenvalue weighted by molar-refractivity contribution is 7.84. The van der Waals surface area contributed by atoms with E-state index in [1.165, 1.54) is 0 Å². The second-order valence-electron chi connectivity index (χ2n) is 4.62. The van der Waals surface area contributed by atoms with Crippen LogP contribution in [0.2, 0.25) is 0 Å². The van der Waals surface area contributed by atoms with Crippen LogP contribution in [0.15, 0.2) is 29.2 Å². The predicted octanol–water partition coefficient (Wildman–Crippen LogP) is 2.41. The molecule has 0 saturated carbocycles. The molecule has 1 aromatic heterocycles. The smallest absolute Gasteiger partial charge is 0.0703 e. The minimum atomic E-state index is -1.14. The molecule has 0 amide bonds. The van der Waals surface area contributed by atoms with Crippen molar-refractivity contribution in [2.75, 3.05) is 5.73 Å². The van der Waals surface area contributed by atoms with E-state index in [4.69, 9.17) is 5.73 Å². The van der Waals surface area contributed by atoms with E-state index in [0.717, 1.165) is 23.5 Å². The lowest BCUT2D eigenvalue weighted by molar-refractivity contribution is 0.627. The Morgan fingerprint density at radius 3 is 2.68 bits per heavy atom. The Hall–Kier alpha value is -1.62. The van der Waals surface area contributed by atoms with E-state index >= 15 is 0 Å². The van der Waals surface area contributed by atoms with Crippen LogP contribution in [0, 0.1) is 13.8 Å². The van der Waals surface area contributed by atoms with Crippen LogP contribution >= 0.6 is 0 Å². The first-order chi connectivity index (χ1) is 9.01. The Bertz CT molecular complexity index is 619. The van der Waals surface area contributed by atoms with Crippen LogP contribution in [0.25, 0.3) is 0 Å².